The van der Waals surface area contributed by atoms with Crippen LogP contribution in [0.5, 0.6) is 0 Å². The van der Waals surface area contributed by atoms with Gasteiger partial charge in [0.2, 0.25) is 5.95 Å². The van der Waals surface area contributed by atoms with E-state index in [9.17, 15) is 0 Å². The van der Waals surface area contributed by atoms with Gasteiger partial charge in [0, 0.05) is 25.5 Å². The van der Waals surface area contributed by atoms with Crippen LogP contribution in [0, 0.1) is 0 Å². The van der Waals surface area contributed by atoms with Gasteiger partial charge in [-0.15, -0.1) is 0 Å². The average molecular weight is 226 g/mol. The molecule has 0 unspecified atom stereocenters. The molecule has 0 amide bonds. The van der Waals surface area contributed by atoms with Crippen LogP contribution in [0.4, 0.5) is 5.95 Å². The number of aromatic nitrogens is 2. The molecule has 2 N–H and O–H groups in total. The second kappa shape index (κ2) is 6.26. The van der Waals surface area contributed by atoms with E-state index >= 15 is 0 Å². The van der Waals surface area contributed by atoms with Gasteiger partial charge in [-0.05, 0) is 25.2 Å². The Morgan fingerprint density at radius 3 is 2.80 bits per heavy atom. The van der Waals surface area contributed by atoms with Gasteiger partial charge in [-0.25, -0.2) is 9.97 Å². The molecular weight excluding hydrogens is 212 g/mol. The number of methoxy groups -OCH3 is 1. The molecule has 1 aromatic rings. The highest BCUT2D eigenvalue weighted by Crippen LogP contribution is 1.94. The first-order chi connectivity index (χ1) is 7.22. The lowest BCUT2D eigenvalue weighted by Gasteiger charge is -2.14. The second-order valence-corrected chi connectivity index (χ2v) is 3.44. The Labute approximate surface area is 94.3 Å². The van der Waals surface area contributed by atoms with E-state index in [1.54, 1.807) is 25.6 Å². The molecule has 0 fully saturated rings. The summed E-state index contributed by atoms with van der Waals surface area (Å²) in [6.07, 6.45) is 3.30. The summed E-state index contributed by atoms with van der Waals surface area (Å²) in [6.45, 7) is 2.57. The van der Waals surface area contributed by atoms with Crippen LogP contribution < -0.4 is 10.6 Å². The Balaban J connectivity index is 2.36. The van der Waals surface area contributed by atoms with E-state index < -0.39 is 0 Å². The number of rotatable bonds is 4. The van der Waals surface area contributed by atoms with E-state index in [-0.39, 0.29) is 6.04 Å². The molecule has 82 valence electrons. The van der Waals surface area contributed by atoms with Gasteiger partial charge in [-0.3, -0.25) is 0 Å². The molecule has 0 saturated carbocycles. The first-order valence-corrected chi connectivity index (χ1v) is 4.96. The second-order valence-electron chi connectivity index (χ2n) is 3.03. The van der Waals surface area contributed by atoms with E-state index in [0.717, 1.165) is 0 Å². The van der Waals surface area contributed by atoms with Crippen molar-refractivity contribution in [2.45, 2.75) is 13.0 Å². The minimum atomic E-state index is 0.152. The van der Waals surface area contributed by atoms with Crippen LogP contribution in [-0.2, 0) is 4.74 Å². The zero-order chi connectivity index (χ0) is 11.1. The molecule has 1 heterocycles. The van der Waals surface area contributed by atoms with Gasteiger partial charge >= 0.3 is 0 Å². The SMILES string of the molecule is COC[C@H](C)NC(=S)Nc1ncccn1. The minimum absolute atomic E-state index is 0.152. The van der Waals surface area contributed by atoms with Crippen molar-refractivity contribution in [2.24, 2.45) is 0 Å². The van der Waals surface area contributed by atoms with Crippen LogP contribution in [0.15, 0.2) is 18.5 Å². The summed E-state index contributed by atoms with van der Waals surface area (Å²) in [4.78, 5) is 7.98. The van der Waals surface area contributed by atoms with Crippen molar-refractivity contribution in [2.75, 3.05) is 19.0 Å². The number of nitrogens with zero attached hydrogens (tertiary/aromatic N) is 2. The molecule has 0 aliphatic rings. The van der Waals surface area contributed by atoms with E-state index in [4.69, 9.17) is 17.0 Å². The zero-order valence-corrected chi connectivity index (χ0v) is 9.54. The van der Waals surface area contributed by atoms with Crippen LogP contribution in [-0.4, -0.2) is 34.8 Å². The third-order valence-corrected chi connectivity index (χ3v) is 1.81. The molecule has 0 aromatic carbocycles. The normalized spacial score (nSPS) is 11.9. The van der Waals surface area contributed by atoms with Crippen molar-refractivity contribution >= 4 is 23.3 Å². The van der Waals surface area contributed by atoms with Crippen molar-refractivity contribution in [1.29, 1.82) is 0 Å². The van der Waals surface area contributed by atoms with Gasteiger partial charge in [0.1, 0.15) is 0 Å². The van der Waals surface area contributed by atoms with Crippen LogP contribution in [0.25, 0.3) is 0 Å². The summed E-state index contributed by atoms with van der Waals surface area (Å²) in [6, 6.07) is 1.90. The molecule has 0 aliphatic carbocycles. The molecule has 0 aliphatic heterocycles. The van der Waals surface area contributed by atoms with Gasteiger partial charge in [-0.1, -0.05) is 0 Å². The summed E-state index contributed by atoms with van der Waals surface area (Å²) in [7, 11) is 1.65. The number of anilines is 1. The van der Waals surface area contributed by atoms with E-state index in [0.29, 0.717) is 17.7 Å². The van der Waals surface area contributed by atoms with Crippen LogP contribution in [0.1, 0.15) is 6.92 Å². The fraction of sp³-hybridized carbons (Fsp3) is 0.444. The summed E-state index contributed by atoms with van der Waals surface area (Å²) in [5.41, 5.74) is 0. The highest BCUT2D eigenvalue weighted by Gasteiger charge is 2.04. The van der Waals surface area contributed by atoms with Crippen molar-refractivity contribution in [1.82, 2.24) is 15.3 Å². The number of ether oxygens (including phenoxy) is 1. The molecule has 5 nitrogen and oxygen atoms in total. The third-order valence-electron chi connectivity index (χ3n) is 1.59. The standard InChI is InChI=1S/C9H14N4OS/c1-7(6-14-2)12-9(15)13-8-10-4-3-5-11-8/h3-5,7H,6H2,1-2H3,(H2,10,11,12,13,15)/t7-/m0/s1. The summed E-state index contributed by atoms with van der Waals surface area (Å²) >= 11 is 5.07. The maximum absolute atomic E-state index is 5.07. The maximum atomic E-state index is 5.07. The van der Waals surface area contributed by atoms with Gasteiger partial charge in [0.05, 0.1) is 6.61 Å². The Hall–Kier alpha value is -1.27. The average Bonchev–Trinajstić information content (AvgIpc) is 2.19. The van der Waals surface area contributed by atoms with Crippen LogP contribution in [0.3, 0.4) is 0 Å². The predicted molar refractivity (Wildman–Crippen MR) is 62.7 cm³/mol. The molecule has 1 atom stereocenters. The predicted octanol–water partition coefficient (Wildman–Crippen LogP) is 0.798. The molecular formula is C9H14N4OS. The Bertz CT molecular complexity index is 306. The van der Waals surface area contributed by atoms with Gasteiger partial charge in [0.15, 0.2) is 5.11 Å². The molecule has 0 bridgehead atoms. The molecule has 1 aromatic heterocycles. The largest absolute Gasteiger partial charge is 0.383 e. The lowest BCUT2D eigenvalue weighted by atomic mass is 10.4. The highest BCUT2D eigenvalue weighted by atomic mass is 32.1. The first kappa shape index (κ1) is 11.8. The van der Waals surface area contributed by atoms with Crippen molar-refractivity contribution in [3.63, 3.8) is 0 Å². The molecule has 15 heavy (non-hydrogen) atoms. The van der Waals surface area contributed by atoms with Crippen LogP contribution >= 0.6 is 12.2 Å². The quantitative estimate of drug-likeness (QED) is 0.741. The zero-order valence-electron chi connectivity index (χ0n) is 8.73. The molecule has 0 saturated heterocycles. The fourth-order valence-electron chi connectivity index (χ4n) is 1.02. The summed E-state index contributed by atoms with van der Waals surface area (Å²) in [5, 5.41) is 6.41. The number of thiocarbonyl (C=S) groups is 1. The topological polar surface area (TPSA) is 59.1 Å². The Morgan fingerprint density at radius 1 is 1.53 bits per heavy atom. The third kappa shape index (κ3) is 4.66. The highest BCUT2D eigenvalue weighted by molar-refractivity contribution is 7.80. The molecule has 0 spiro atoms. The lowest BCUT2D eigenvalue weighted by molar-refractivity contribution is 0.179. The van der Waals surface area contributed by atoms with E-state index in [2.05, 4.69) is 20.6 Å². The van der Waals surface area contributed by atoms with Crippen molar-refractivity contribution in [3.05, 3.63) is 18.5 Å². The molecule has 6 heteroatoms. The maximum Gasteiger partial charge on any atom is 0.228 e. The van der Waals surface area contributed by atoms with Crippen LogP contribution in [0.2, 0.25) is 0 Å². The monoisotopic (exact) mass is 226 g/mol. The van der Waals surface area contributed by atoms with Gasteiger partial charge in [-0.2, -0.15) is 0 Å². The van der Waals surface area contributed by atoms with Gasteiger partial charge < -0.3 is 15.4 Å². The first-order valence-electron chi connectivity index (χ1n) is 4.56. The Morgan fingerprint density at radius 2 is 2.20 bits per heavy atom. The van der Waals surface area contributed by atoms with Crippen molar-refractivity contribution < 1.29 is 4.74 Å². The lowest BCUT2D eigenvalue weighted by Crippen LogP contribution is -2.38. The Kier molecular flexibility index (Phi) is 4.92. The molecule has 0 radical (unpaired) electrons. The fourth-order valence-corrected chi connectivity index (χ4v) is 1.31. The van der Waals surface area contributed by atoms with E-state index in [1.807, 2.05) is 6.92 Å². The minimum Gasteiger partial charge on any atom is -0.383 e. The summed E-state index contributed by atoms with van der Waals surface area (Å²) in [5.74, 6) is 0.486. The number of hydrogen-bond acceptors (Lipinski definition) is 4. The van der Waals surface area contributed by atoms with Gasteiger partial charge in [0.25, 0.3) is 0 Å². The van der Waals surface area contributed by atoms with Crippen molar-refractivity contribution in [3.8, 4) is 0 Å². The molecule has 1 rings (SSSR count). The van der Waals surface area contributed by atoms with E-state index in [1.165, 1.54) is 0 Å². The smallest absolute Gasteiger partial charge is 0.228 e. The number of hydrogen-bond donors (Lipinski definition) is 2. The number of nitrogens with one attached hydrogen (secondary N) is 2. The summed E-state index contributed by atoms with van der Waals surface area (Å²) < 4.78 is 4.97.